The fraction of sp³-hybridized carbons (Fsp3) is 0.655. The summed E-state index contributed by atoms with van der Waals surface area (Å²) < 4.78 is 31.8. The Morgan fingerprint density at radius 2 is 1.00 bits per heavy atom. The zero-order valence-electron chi connectivity index (χ0n) is 67.0. The molecule has 0 spiro atoms. The van der Waals surface area contributed by atoms with Crippen LogP contribution in [0.2, 0.25) is 0 Å². The van der Waals surface area contributed by atoms with Crippen LogP contribution in [0.5, 0.6) is 0 Å². The van der Waals surface area contributed by atoms with Gasteiger partial charge in [-0.05, 0) is 127 Å². The number of aliphatic hydroxyl groups excluding tert-OH is 1. The highest BCUT2D eigenvalue weighted by Crippen LogP contribution is 2.48. The standard InChI is InChI=1S/C23H28N4O5.C23H30N2O5.C14H25NO4.C14H23NO3.C10H11NO2/c1-12(2)15-10-19(32-22(15)29)17(25-26-24)9-16-13(3)20(14-7-5-4-6-8-14)18-11-31-23(30)27(18)21(16)28;1-12(2)15-10-19(30-22(15)27)17(24)9-16-13(3)20(14-7-5-4-6-8-14)18-11-29-23(28)25(18)21(16)26;1-7(2)9-5-11(15-13(9)17)12(16)6-10(8(3)4)14(18)19;1-7(2)9-5-11(15-13(9)16)12-6-10(8(3)4)14(17)18-12;12-10-11-9(7-13-10)6-8-4-2-1-3-5-8/h4-8,12-13,15-20H,9-11H2,1-3H3;4-8,12-13,15-20H,9-11,24H2,1-3H3;7-12,16H,5-6H2,1-4H3,(H,15,17)(H,18,19);7-12H,5-6H2,1-4H3,(H,15,16);1-5,9H,6-7H2,(H,11,12)/t2*13?,15?,16-,17-,18+,19-,20?;2*9?,10?,11-,12-;/m0000./s1. The highest BCUT2D eigenvalue weighted by molar-refractivity contribution is 5.97. The van der Waals surface area contributed by atoms with E-state index in [4.69, 9.17) is 44.8 Å². The molecule has 3 aromatic carbocycles. The van der Waals surface area contributed by atoms with Crippen LogP contribution >= 0.6 is 0 Å². The number of hydrogen-bond acceptors (Lipinski definition) is 20. The summed E-state index contributed by atoms with van der Waals surface area (Å²) in [7, 11) is 0. The van der Waals surface area contributed by atoms with E-state index in [1.807, 2.05) is 174 Å². The summed E-state index contributed by atoms with van der Waals surface area (Å²) in [6.07, 6.45) is 1.31. The number of carboxylic acids is 1. The number of carbonyl (C=O) groups is 11. The second-order valence-electron chi connectivity index (χ2n) is 34.1. The average molecular weight is 1560 g/mol. The van der Waals surface area contributed by atoms with Crippen molar-refractivity contribution in [2.75, 3.05) is 19.8 Å². The van der Waals surface area contributed by atoms with Crippen LogP contribution in [0.15, 0.2) is 96.1 Å². The van der Waals surface area contributed by atoms with Gasteiger partial charge in [0.05, 0.1) is 66.0 Å². The van der Waals surface area contributed by atoms with Crippen LogP contribution in [-0.4, -0.2) is 172 Å². The number of amides is 7. The molecule has 0 aliphatic carbocycles. The van der Waals surface area contributed by atoms with E-state index in [1.165, 1.54) is 15.4 Å². The first-order valence-electron chi connectivity index (χ1n) is 40.1. The lowest BCUT2D eigenvalue weighted by molar-refractivity contribution is -0.147. The minimum Gasteiger partial charge on any atom is -0.481 e. The monoisotopic (exact) mass is 1560 g/mol. The summed E-state index contributed by atoms with van der Waals surface area (Å²) in [6, 6.07) is 27.8. The summed E-state index contributed by atoms with van der Waals surface area (Å²) >= 11 is 0. The highest BCUT2D eigenvalue weighted by Gasteiger charge is 2.57. The van der Waals surface area contributed by atoms with Crippen molar-refractivity contribution in [3.8, 4) is 0 Å². The predicted octanol–water partition coefficient (Wildman–Crippen LogP) is 11.1. The Balaban J connectivity index is 0.000000167. The van der Waals surface area contributed by atoms with Gasteiger partial charge in [-0.3, -0.25) is 38.4 Å². The number of nitrogens with zero attached hydrogens (tertiary/aromatic N) is 5. The van der Waals surface area contributed by atoms with Gasteiger partial charge >= 0.3 is 42.2 Å². The SMILES string of the molecule is CC(C)C(C[C@H](O)[C@@H]1CC(C(C)C)C(=O)N1)C(=O)O.CC(C)C1C[C@@H]([C@@H](N)C[C@@H]2C(=O)N3C(=O)OC[C@@H]3C(c3ccccc3)C2C)OC1=O.CC(C)C1C[C@@H]([C@@H]2CC(C(C)C)C(=O)O2)NC1=O.CC(C)C1C[C@@H]([C@H](C[C@@H]2C(=O)N3C(=O)OC[C@@H]3C(c3ccccc3)C2C)N=[N+]=[N-])OC1=O.O=C1NC(Cc2ccccc2)CO1. The van der Waals surface area contributed by atoms with Crippen LogP contribution in [0, 0.1) is 94.7 Å². The Bertz CT molecular complexity index is 3810. The normalized spacial score (nSPS) is 31.5. The molecule has 10 aliphatic heterocycles. The van der Waals surface area contributed by atoms with Gasteiger partial charge in [0.2, 0.25) is 23.6 Å². The lowest BCUT2D eigenvalue weighted by Crippen LogP contribution is -2.55. The van der Waals surface area contributed by atoms with Gasteiger partial charge in [-0.2, -0.15) is 0 Å². The summed E-state index contributed by atoms with van der Waals surface area (Å²) in [6.45, 7) is 28.6. The van der Waals surface area contributed by atoms with E-state index in [1.54, 1.807) is 0 Å². The van der Waals surface area contributed by atoms with Gasteiger partial charge < -0.3 is 60.3 Å². The maximum Gasteiger partial charge on any atom is 0.417 e. The summed E-state index contributed by atoms with van der Waals surface area (Å²) in [5.41, 5.74) is 18.9. The quantitative estimate of drug-likeness (QED) is 0.0179. The molecule has 612 valence electrons. The van der Waals surface area contributed by atoms with E-state index < -0.39 is 66.3 Å². The first kappa shape index (κ1) is 86.8. The largest absolute Gasteiger partial charge is 0.481 e. The van der Waals surface area contributed by atoms with Crippen molar-refractivity contribution in [3.05, 3.63) is 118 Å². The van der Waals surface area contributed by atoms with Gasteiger partial charge in [-0.15, -0.1) is 0 Å². The third kappa shape index (κ3) is 20.6. The number of esters is 3. The summed E-state index contributed by atoms with van der Waals surface area (Å²) in [4.78, 5) is 138. The summed E-state index contributed by atoms with van der Waals surface area (Å²) in [5, 5.41) is 31.7. The van der Waals surface area contributed by atoms with E-state index >= 15 is 0 Å². The Hall–Kier alpha value is -9.14. The fourth-order valence-electron chi connectivity index (χ4n) is 17.9. The number of fused-ring (bicyclic) bond motifs is 2. The number of carboxylic acid groups (broad SMARTS) is 1. The molecule has 0 aromatic heterocycles. The van der Waals surface area contributed by atoms with Gasteiger partial charge in [0, 0.05) is 46.5 Å². The van der Waals surface area contributed by atoms with Crippen LogP contribution in [0.4, 0.5) is 14.4 Å². The van der Waals surface area contributed by atoms with Crippen LogP contribution in [0.25, 0.3) is 10.4 Å². The zero-order chi connectivity index (χ0) is 81.9. The van der Waals surface area contributed by atoms with Crippen LogP contribution < -0.4 is 21.7 Å². The van der Waals surface area contributed by atoms with Gasteiger partial charge in [0.25, 0.3) is 0 Å². The van der Waals surface area contributed by atoms with Gasteiger partial charge in [0.15, 0.2) is 0 Å². The van der Waals surface area contributed by atoms with Gasteiger partial charge in [-0.25, -0.2) is 24.2 Å². The minimum absolute atomic E-state index is 0.00926. The number of imide groups is 2. The molecular weight excluding hydrogens is 1440 g/mol. The first-order valence-corrected chi connectivity index (χ1v) is 40.1. The molecule has 0 radical (unpaired) electrons. The van der Waals surface area contributed by atoms with E-state index in [0.29, 0.717) is 44.1 Å². The number of hydrogen-bond donors (Lipinski definition) is 6. The molecule has 0 saturated carbocycles. The number of alkyl carbamates (subject to hydrolysis) is 1. The lowest BCUT2D eigenvalue weighted by atomic mass is 9.69. The van der Waals surface area contributed by atoms with Gasteiger partial charge in [-0.1, -0.05) is 193 Å². The molecule has 11 unspecified atom stereocenters. The Kier molecular flexibility index (Phi) is 29.9. The molecule has 3 aromatic rings. The fourth-order valence-corrected chi connectivity index (χ4v) is 17.9. The molecule has 13 rings (SSSR count). The molecule has 7 N–H and O–H groups in total. The van der Waals surface area contributed by atoms with E-state index in [-0.39, 0.29) is 187 Å². The smallest absolute Gasteiger partial charge is 0.417 e. The number of piperidine rings is 2. The lowest BCUT2D eigenvalue weighted by Gasteiger charge is -2.43. The molecule has 10 aliphatic rings. The number of benzene rings is 3. The van der Waals surface area contributed by atoms with Crippen molar-refractivity contribution in [2.24, 2.45) is 106 Å². The second-order valence-corrected chi connectivity index (χ2v) is 34.1. The minimum atomic E-state index is -0.890. The zero-order valence-corrected chi connectivity index (χ0v) is 67.0. The Morgan fingerprint density at radius 1 is 0.554 bits per heavy atom. The van der Waals surface area contributed by atoms with Crippen molar-refractivity contribution >= 4 is 65.8 Å². The molecule has 0 bridgehead atoms. The molecule has 7 amide bonds. The Morgan fingerprint density at radius 3 is 1.43 bits per heavy atom. The van der Waals surface area contributed by atoms with Crippen molar-refractivity contribution in [1.29, 1.82) is 0 Å². The topological polar surface area (TPSA) is 401 Å². The molecule has 28 nitrogen and oxygen atoms in total. The molecule has 23 atom stereocenters. The molecule has 112 heavy (non-hydrogen) atoms. The number of carbonyl (C=O) groups excluding carboxylic acids is 10. The Labute approximate surface area is 656 Å². The average Bonchev–Trinajstić information content (AvgIpc) is 1.51. The first-order chi connectivity index (χ1) is 53.1. The van der Waals surface area contributed by atoms with Crippen molar-refractivity contribution < 1.29 is 91.4 Å². The van der Waals surface area contributed by atoms with Crippen LogP contribution in [-0.2, 0) is 73.2 Å². The number of aliphatic hydroxyl groups is 1. The van der Waals surface area contributed by atoms with Gasteiger partial charge in [0.1, 0.15) is 38.1 Å². The molecular formula is C84H117N9O19. The maximum atomic E-state index is 13.4. The van der Waals surface area contributed by atoms with Crippen molar-refractivity contribution in [1.82, 2.24) is 25.8 Å². The highest BCUT2D eigenvalue weighted by atomic mass is 16.6. The number of rotatable bonds is 22. The van der Waals surface area contributed by atoms with Crippen molar-refractivity contribution in [2.45, 2.75) is 233 Å². The molecule has 28 heteroatoms. The van der Waals surface area contributed by atoms with Crippen LogP contribution in [0.3, 0.4) is 0 Å². The molecule has 10 heterocycles. The molecule has 10 saturated heterocycles. The third-order valence-corrected chi connectivity index (χ3v) is 24.8. The van der Waals surface area contributed by atoms with Crippen LogP contribution in [0.1, 0.15) is 177 Å². The van der Waals surface area contributed by atoms with E-state index in [2.05, 4.69) is 39.8 Å². The number of nitrogens with one attached hydrogen (secondary N) is 3. The predicted molar refractivity (Wildman–Crippen MR) is 411 cm³/mol. The van der Waals surface area contributed by atoms with Crippen molar-refractivity contribution in [3.63, 3.8) is 0 Å². The summed E-state index contributed by atoms with van der Waals surface area (Å²) in [5.74, 6) is -3.16. The number of nitrogens with two attached hydrogens (primary N) is 1. The molecule has 10 fully saturated rings. The third-order valence-electron chi connectivity index (χ3n) is 24.8. The number of ether oxygens (including phenoxy) is 6. The number of cyclic esters (lactones) is 6. The number of azide groups is 1. The van der Waals surface area contributed by atoms with E-state index in [0.717, 1.165) is 30.4 Å². The second kappa shape index (κ2) is 38.6. The maximum absolute atomic E-state index is 13.4. The van der Waals surface area contributed by atoms with E-state index in [9.17, 15) is 57.8 Å². The number of aliphatic carboxylic acids is 1.